The normalized spacial score (nSPS) is 10.8. The third-order valence-corrected chi connectivity index (χ3v) is 2.84. The van der Waals surface area contributed by atoms with E-state index >= 15 is 0 Å². The Kier molecular flexibility index (Phi) is 3.60. The van der Waals surface area contributed by atoms with E-state index < -0.39 is 0 Å². The SMILES string of the molecule is CCCCNC(=O)c1cnn2c(C)cc(C)nc12. The zero-order valence-electron chi connectivity index (χ0n) is 11.0. The molecule has 0 spiro atoms. The van der Waals surface area contributed by atoms with Gasteiger partial charge < -0.3 is 5.32 Å². The van der Waals surface area contributed by atoms with Crippen molar-refractivity contribution >= 4 is 11.6 Å². The molecule has 0 aliphatic carbocycles. The Balaban J connectivity index is 2.31. The van der Waals surface area contributed by atoms with Crippen molar-refractivity contribution in [2.75, 3.05) is 6.54 Å². The van der Waals surface area contributed by atoms with Gasteiger partial charge in [0.05, 0.1) is 6.20 Å². The van der Waals surface area contributed by atoms with Crippen molar-refractivity contribution in [2.24, 2.45) is 0 Å². The molecule has 2 rings (SSSR count). The highest BCUT2D eigenvalue weighted by atomic mass is 16.1. The van der Waals surface area contributed by atoms with Gasteiger partial charge in [-0.15, -0.1) is 0 Å². The lowest BCUT2D eigenvalue weighted by Crippen LogP contribution is -2.24. The van der Waals surface area contributed by atoms with Crippen LogP contribution in [0.3, 0.4) is 0 Å². The van der Waals surface area contributed by atoms with Gasteiger partial charge in [-0.05, 0) is 26.3 Å². The van der Waals surface area contributed by atoms with Crippen molar-refractivity contribution in [1.29, 1.82) is 0 Å². The Morgan fingerprint density at radius 2 is 2.22 bits per heavy atom. The molecule has 0 aliphatic rings. The molecule has 5 nitrogen and oxygen atoms in total. The topological polar surface area (TPSA) is 59.3 Å². The average Bonchev–Trinajstić information content (AvgIpc) is 2.73. The van der Waals surface area contributed by atoms with Crippen LogP contribution in [0, 0.1) is 13.8 Å². The van der Waals surface area contributed by atoms with E-state index in [0.29, 0.717) is 17.8 Å². The van der Waals surface area contributed by atoms with Gasteiger partial charge in [0.1, 0.15) is 5.56 Å². The lowest BCUT2D eigenvalue weighted by atomic mass is 10.2. The molecular formula is C13H18N4O. The highest BCUT2D eigenvalue weighted by Crippen LogP contribution is 2.11. The Morgan fingerprint density at radius 3 is 2.94 bits per heavy atom. The minimum Gasteiger partial charge on any atom is -0.352 e. The highest BCUT2D eigenvalue weighted by Gasteiger charge is 2.14. The quantitative estimate of drug-likeness (QED) is 0.838. The van der Waals surface area contributed by atoms with Crippen LogP contribution in [-0.4, -0.2) is 27.0 Å². The van der Waals surface area contributed by atoms with Crippen LogP contribution in [-0.2, 0) is 0 Å². The van der Waals surface area contributed by atoms with Crippen molar-refractivity contribution < 1.29 is 4.79 Å². The van der Waals surface area contributed by atoms with Crippen molar-refractivity contribution in [3.8, 4) is 0 Å². The minimum atomic E-state index is -0.101. The number of rotatable bonds is 4. The summed E-state index contributed by atoms with van der Waals surface area (Å²) in [5.41, 5.74) is 3.03. The number of aryl methyl sites for hydroxylation is 2. The predicted octanol–water partition coefficient (Wildman–Crippen LogP) is 1.88. The second-order valence-electron chi connectivity index (χ2n) is 4.44. The Labute approximate surface area is 106 Å². The number of aromatic nitrogens is 3. The van der Waals surface area contributed by atoms with Gasteiger partial charge in [-0.1, -0.05) is 13.3 Å². The maximum absolute atomic E-state index is 12.0. The van der Waals surface area contributed by atoms with E-state index in [4.69, 9.17) is 0 Å². The van der Waals surface area contributed by atoms with Gasteiger partial charge >= 0.3 is 0 Å². The number of amides is 1. The van der Waals surface area contributed by atoms with Crippen molar-refractivity contribution in [2.45, 2.75) is 33.6 Å². The summed E-state index contributed by atoms with van der Waals surface area (Å²) in [5.74, 6) is -0.101. The average molecular weight is 246 g/mol. The van der Waals surface area contributed by atoms with Gasteiger partial charge in [0.25, 0.3) is 5.91 Å². The first kappa shape index (κ1) is 12.5. The predicted molar refractivity (Wildman–Crippen MR) is 69.7 cm³/mol. The lowest BCUT2D eigenvalue weighted by molar-refractivity contribution is 0.0954. The van der Waals surface area contributed by atoms with Gasteiger partial charge in [-0.25, -0.2) is 9.50 Å². The third-order valence-electron chi connectivity index (χ3n) is 2.84. The summed E-state index contributed by atoms with van der Waals surface area (Å²) >= 11 is 0. The molecule has 2 aromatic heterocycles. The summed E-state index contributed by atoms with van der Waals surface area (Å²) in [7, 11) is 0. The summed E-state index contributed by atoms with van der Waals surface area (Å²) < 4.78 is 1.70. The molecule has 0 saturated carbocycles. The molecule has 2 heterocycles. The van der Waals surface area contributed by atoms with E-state index in [1.165, 1.54) is 0 Å². The van der Waals surface area contributed by atoms with Crippen LogP contribution in [0.15, 0.2) is 12.3 Å². The molecule has 1 amide bonds. The number of fused-ring (bicyclic) bond motifs is 1. The molecule has 0 saturated heterocycles. The molecule has 1 N–H and O–H groups in total. The van der Waals surface area contributed by atoms with E-state index in [2.05, 4.69) is 22.3 Å². The number of hydrogen-bond acceptors (Lipinski definition) is 3. The number of carbonyl (C=O) groups is 1. The zero-order chi connectivity index (χ0) is 13.1. The summed E-state index contributed by atoms with van der Waals surface area (Å²) in [6.45, 7) is 6.65. The molecule has 2 aromatic rings. The fourth-order valence-corrected chi connectivity index (χ4v) is 1.90. The van der Waals surface area contributed by atoms with Crippen LogP contribution in [0.5, 0.6) is 0 Å². The molecule has 0 bridgehead atoms. The molecule has 18 heavy (non-hydrogen) atoms. The molecule has 0 aromatic carbocycles. The first-order chi connectivity index (χ1) is 8.63. The van der Waals surface area contributed by atoms with E-state index in [1.54, 1.807) is 10.7 Å². The van der Waals surface area contributed by atoms with E-state index in [0.717, 1.165) is 24.2 Å². The van der Waals surface area contributed by atoms with Gasteiger partial charge in [-0.2, -0.15) is 5.10 Å². The summed E-state index contributed by atoms with van der Waals surface area (Å²) in [6, 6.07) is 1.94. The van der Waals surface area contributed by atoms with Crippen molar-refractivity contribution in [1.82, 2.24) is 19.9 Å². The van der Waals surface area contributed by atoms with E-state index in [9.17, 15) is 4.79 Å². The van der Waals surface area contributed by atoms with Crippen LogP contribution in [0.2, 0.25) is 0 Å². The first-order valence-corrected chi connectivity index (χ1v) is 6.23. The number of unbranched alkanes of at least 4 members (excludes halogenated alkanes) is 1. The number of hydrogen-bond donors (Lipinski definition) is 1. The van der Waals surface area contributed by atoms with Gasteiger partial charge in [0.15, 0.2) is 5.65 Å². The van der Waals surface area contributed by atoms with Crippen molar-refractivity contribution in [3.05, 3.63) is 29.2 Å². The molecule has 5 heteroatoms. The molecule has 0 atom stereocenters. The molecule has 0 unspecified atom stereocenters. The number of carbonyl (C=O) groups excluding carboxylic acids is 1. The van der Waals surface area contributed by atoms with Crippen LogP contribution in [0.25, 0.3) is 5.65 Å². The summed E-state index contributed by atoms with van der Waals surface area (Å²) in [6.07, 6.45) is 3.62. The highest BCUT2D eigenvalue weighted by molar-refractivity contribution is 5.99. The largest absolute Gasteiger partial charge is 0.352 e. The second kappa shape index (κ2) is 5.16. The summed E-state index contributed by atoms with van der Waals surface area (Å²) in [5, 5.41) is 7.09. The van der Waals surface area contributed by atoms with Crippen LogP contribution in [0.4, 0.5) is 0 Å². The monoisotopic (exact) mass is 246 g/mol. The third kappa shape index (κ3) is 2.34. The molecular weight excluding hydrogens is 228 g/mol. The molecule has 96 valence electrons. The Morgan fingerprint density at radius 1 is 1.44 bits per heavy atom. The summed E-state index contributed by atoms with van der Waals surface area (Å²) in [4.78, 5) is 16.4. The molecule has 0 fully saturated rings. The van der Waals surface area contributed by atoms with E-state index in [1.807, 2.05) is 19.9 Å². The van der Waals surface area contributed by atoms with Gasteiger partial charge in [-0.3, -0.25) is 4.79 Å². The number of nitrogens with zero attached hydrogens (tertiary/aromatic N) is 3. The lowest BCUT2D eigenvalue weighted by Gasteiger charge is -2.04. The smallest absolute Gasteiger partial charge is 0.256 e. The standard InChI is InChI=1S/C13H18N4O/c1-4-5-6-14-13(18)11-8-15-17-10(3)7-9(2)16-12(11)17/h7-8H,4-6H2,1-3H3,(H,14,18). The fraction of sp³-hybridized carbons (Fsp3) is 0.462. The van der Waals surface area contributed by atoms with Crippen LogP contribution >= 0.6 is 0 Å². The Hall–Kier alpha value is -1.91. The van der Waals surface area contributed by atoms with Crippen LogP contribution < -0.4 is 5.32 Å². The maximum Gasteiger partial charge on any atom is 0.256 e. The fourth-order valence-electron chi connectivity index (χ4n) is 1.90. The number of nitrogens with one attached hydrogen (secondary N) is 1. The molecule has 0 aliphatic heterocycles. The Bertz CT molecular complexity index is 574. The first-order valence-electron chi connectivity index (χ1n) is 6.23. The second-order valence-corrected chi connectivity index (χ2v) is 4.44. The van der Waals surface area contributed by atoms with Gasteiger partial charge in [0.2, 0.25) is 0 Å². The molecule has 0 radical (unpaired) electrons. The van der Waals surface area contributed by atoms with E-state index in [-0.39, 0.29) is 5.91 Å². The van der Waals surface area contributed by atoms with Gasteiger partial charge in [0, 0.05) is 17.9 Å². The van der Waals surface area contributed by atoms with Crippen LogP contribution in [0.1, 0.15) is 41.5 Å². The minimum absolute atomic E-state index is 0.101. The van der Waals surface area contributed by atoms with Crippen molar-refractivity contribution in [3.63, 3.8) is 0 Å². The zero-order valence-corrected chi connectivity index (χ0v) is 11.0. The maximum atomic E-state index is 12.0.